The molecule has 0 spiro atoms. The molecule has 0 aliphatic heterocycles. The van der Waals surface area contributed by atoms with Gasteiger partial charge in [-0.3, -0.25) is 10.1 Å². The summed E-state index contributed by atoms with van der Waals surface area (Å²) >= 11 is 0. The molecule has 0 aromatic heterocycles. The first-order chi connectivity index (χ1) is 9.92. The Balaban J connectivity index is 4.11. The van der Waals surface area contributed by atoms with Crippen molar-refractivity contribution in [3.8, 4) is 0 Å². The molecule has 21 heavy (non-hydrogen) atoms. The van der Waals surface area contributed by atoms with E-state index in [1.807, 2.05) is 6.92 Å². The molecular weight excluding hydrogens is 276 g/mol. The molecule has 7 heteroatoms. The molecule has 0 aliphatic rings. The maximum atomic E-state index is 11.7. The molecule has 0 saturated carbocycles. The van der Waals surface area contributed by atoms with Crippen molar-refractivity contribution in [2.75, 3.05) is 13.2 Å². The molecule has 2 N–H and O–H groups in total. The van der Waals surface area contributed by atoms with Crippen molar-refractivity contribution in [3.63, 3.8) is 0 Å². The summed E-state index contributed by atoms with van der Waals surface area (Å²) in [5.74, 6) is -1.36. The molecule has 0 rings (SSSR count). The van der Waals surface area contributed by atoms with Crippen molar-refractivity contribution >= 4 is 17.9 Å². The van der Waals surface area contributed by atoms with Gasteiger partial charge in [-0.1, -0.05) is 19.4 Å². The number of carbonyl (C=O) groups is 3. The highest BCUT2D eigenvalue weighted by molar-refractivity contribution is 5.97. The van der Waals surface area contributed by atoms with Crippen LogP contribution in [0, 0.1) is 0 Å². The van der Waals surface area contributed by atoms with Gasteiger partial charge < -0.3 is 14.8 Å². The molecule has 0 heterocycles. The fourth-order valence-corrected chi connectivity index (χ4v) is 1.24. The summed E-state index contributed by atoms with van der Waals surface area (Å²) in [7, 11) is 0. The number of ether oxygens (including phenoxy) is 2. The normalized spacial score (nSPS) is 12.9. The van der Waals surface area contributed by atoms with Crippen molar-refractivity contribution < 1.29 is 23.9 Å². The Morgan fingerprint density at radius 2 is 1.90 bits per heavy atom. The number of amides is 3. The van der Waals surface area contributed by atoms with Crippen molar-refractivity contribution in [1.82, 2.24) is 10.6 Å². The highest BCUT2D eigenvalue weighted by Gasteiger charge is 2.23. The molecule has 0 aromatic rings. The molecule has 0 aliphatic carbocycles. The van der Waals surface area contributed by atoms with E-state index >= 15 is 0 Å². The predicted molar refractivity (Wildman–Crippen MR) is 77.6 cm³/mol. The molecule has 0 radical (unpaired) electrons. The van der Waals surface area contributed by atoms with Gasteiger partial charge in [-0.05, 0) is 20.3 Å². The molecule has 2 atom stereocenters. The van der Waals surface area contributed by atoms with E-state index in [2.05, 4.69) is 17.2 Å². The van der Waals surface area contributed by atoms with Gasteiger partial charge in [0.1, 0.15) is 0 Å². The first-order valence-electron chi connectivity index (χ1n) is 6.94. The third-order valence-corrected chi connectivity index (χ3v) is 2.51. The highest BCUT2D eigenvalue weighted by atomic mass is 16.6. The lowest BCUT2D eigenvalue weighted by atomic mass is 10.3. The molecule has 7 nitrogen and oxygen atoms in total. The minimum Gasteiger partial charge on any atom is -0.451 e. The Kier molecular flexibility index (Phi) is 9.87. The Morgan fingerprint density at radius 1 is 1.24 bits per heavy atom. The Morgan fingerprint density at radius 3 is 2.48 bits per heavy atom. The summed E-state index contributed by atoms with van der Waals surface area (Å²) in [5, 5.41) is 4.63. The van der Waals surface area contributed by atoms with Crippen molar-refractivity contribution in [2.24, 2.45) is 0 Å². The fraction of sp³-hybridized carbons (Fsp3) is 0.643. The van der Waals surface area contributed by atoms with Crippen LogP contribution in [0.25, 0.3) is 0 Å². The smallest absolute Gasteiger partial charge is 0.335 e. The Hall–Kier alpha value is -1.89. The van der Waals surface area contributed by atoms with Gasteiger partial charge in [-0.15, -0.1) is 6.58 Å². The molecular formula is C14H24N2O5. The van der Waals surface area contributed by atoms with E-state index < -0.39 is 30.1 Å². The van der Waals surface area contributed by atoms with Gasteiger partial charge in [0.2, 0.25) is 0 Å². The number of nitrogens with one attached hydrogen (secondary N) is 2. The van der Waals surface area contributed by atoms with E-state index in [4.69, 9.17) is 9.47 Å². The lowest BCUT2D eigenvalue weighted by Gasteiger charge is -2.16. The van der Waals surface area contributed by atoms with Gasteiger partial charge in [-0.25, -0.2) is 9.59 Å². The van der Waals surface area contributed by atoms with Gasteiger partial charge in [0.05, 0.1) is 6.61 Å². The van der Waals surface area contributed by atoms with Gasteiger partial charge in [0.25, 0.3) is 5.91 Å². The number of carbonyl (C=O) groups excluding carboxylic acids is 3. The first-order valence-corrected chi connectivity index (χ1v) is 6.94. The number of imide groups is 1. The standard InChI is InChI=1S/C14H24N2O5/c1-5-7-8-15-14(19)16-12(17)10(3)21-13(18)11(4)20-9-6-2/h6,10-11H,2,5,7-9H2,1,3-4H3,(H2,15,16,17,19). The molecule has 0 aromatic carbocycles. The Bertz CT molecular complexity index is 370. The van der Waals surface area contributed by atoms with Crippen LogP contribution in [-0.4, -0.2) is 43.3 Å². The first kappa shape index (κ1) is 19.1. The summed E-state index contributed by atoms with van der Waals surface area (Å²) in [6.45, 7) is 9.02. The molecule has 0 bridgehead atoms. The van der Waals surface area contributed by atoms with E-state index in [1.165, 1.54) is 19.9 Å². The van der Waals surface area contributed by atoms with E-state index in [-0.39, 0.29) is 6.61 Å². The van der Waals surface area contributed by atoms with Crippen LogP contribution in [0.5, 0.6) is 0 Å². The van der Waals surface area contributed by atoms with Crippen molar-refractivity contribution in [2.45, 2.75) is 45.8 Å². The van der Waals surface area contributed by atoms with Crippen LogP contribution in [0.15, 0.2) is 12.7 Å². The van der Waals surface area contributed by atoms with Crippen LogP contribution < -0.4 is 10.6 Å². The summed E-state index contributed by atoms with van der Waals surface area (Å²) in [5.41, 5.74) is 0. The average molecular weight is 300 g/mol. The zero-order valence-corrected chi connectivity index (χ0v) is 12.8. The van der Waals surface area contributed by atoms with Crippen molar-refractivity contribution in [1.29, 1.82) is 0 Å². The van der Waals surface area contributed by atoms with Crippen LogP contribution in [-0.2, 0) is 19.1 Å². The lowest BCUT2D eigenvalue weighted by molar-refractivity contribution is -0.164. The van der Waals surface area contributed by atoms with Crippen LogP contribution in [0.1, 0.15) is 33.6 Å². The monoisotopic (exact) mass is 300 g/mol. The summed E-state index contributed by atoms with van der Waals surface area (Å²) in [6, 6.07) is -0.604. The van der Waals surface area contributed by atoms with Crippen LogP contribution >= 0.6 is 0 Å². The van der Waals surface area contributed by atoms with Crippen LogP contribution in [0.3, 0.4) is 0 Å². The van der Waals surface area contributed by atoms with Gasteiger partial charge in [0, 0.05) is 6.54 Å². The number of rotatable bonds is 9. The molecule has 0 fully saturated rings. The fourth-order valence-electron chi connectivity index (χ4n) is 1.24. The largest absolute Gasteiger partial charge is 0.451 e. The van der Waals surface area contributed by atoms with Gasteiger partial charge >= 0.3 is 12.0 Å². The third-order valence-electron chi connectivity index (χ3n) is 2.51. The second kappa shape index (κ2) is 10.8. The maximum absolute atomic E-state index is 11.7. The predicted octanol–water partition coefficient (Wildman–Crippen LogP) is 1.14. The second-order valence-corrected chi connectivity index (χ2v) is 4.44. The molecule has 3 amide bonds. The van der Waals surface area contributed by atoms with Crippen molar-refractivity contribution in [3.05, 3.63) is 12.7 Å². The minimum absolute atomic E-state index is 0.205. The lowest BCUT2D eigenvalue weighted by Crippen LogP contribution is -2.45. The number of hydrogen-bond acceptors (Lipinski definition) is 5. The number of esters is 1. The quantitative estimate of drug-likeness (QED) is 0.378. The minimum atomic E-state index is -1.08. The van der Waals surface area contributed by atoms with Gasteiger partial charge in [0.15, 0.2) is 12.2 Å². The zero-order valence-electron chi connectivity index (χ0n) is 12.8. The summed E-state index contributed by atoms with van der Waals surface area (Å²) in [4.78, 5) is 34.6. The van der Waals surface area contributed by atoms with Crippen LogP contribution in [0.2, 0.25) is 0 Å². The summed E-state index contributed by atoms with van der Waals surface area (Å²) in [6.07, 6.45) is 1.37. The second-order valence-electron chi connectivity index (χ2n) is 4.44. The number of hydrogen-bond donors (Lipinski definition) is 2. The van der Waals surface area contributed by atoms with E-state index in [0.29, 0.717) is 6.54 Å². The van der Waals surface area contributed by atoms with E-state index in [0.717, 1.165) is 12.8 Å². The third kappa shape index (κ3) is 8.80. The summed E-state index contributed by atoms with van der Waals surface area (Å²) < 4.78 is 9.98. The van der Waals surface area contributed by atoms with E-state index in [1.54, 1.807) is 0 Å². The SMILES string of the molecule is C=CCOC(C)C(=O)OC(C)C(=O)NC(=O)NCCCC. The number of urea groups is 1. The number of unbranched alkanes of at least 4 members (excludes halogenated alkanes) is 1. The topological polar surface area (TPSA) is 93.7 Å². The molecule has 0 saturated heterocycles. The van der Waals surface area contributed by atoms with E-state index in [9.17, 15) is 14.4 Å². The maximum Gasteiger partial charge on any atom is 0.335 e. The Labute approximate surface area is 125 Å². The van der Waals surface area contributed by atoms with Gasteiger partial charge in [-0.2, -0.15) is 0 Å². The highest BCUT2D eigenvalue weighted by Crippen LogP contribution is 1.99. The average Bonchev–Trinajstić information content (AvgIpc) is 2.44. The molecule has 120 valence electrons. The zero-order chi connectivity index (χ0) is 16.3. The molecule has 2 unspecified atom stereocenters. The van der Waals surface area contributed by atoms with Crippen LogP contribution in [0.4, 0.5) is 4.79 Å².